The minimum atomic E-state index is -0.00810. The van der Waals surface area contributed by atoms with Crippen molar-refractivity contribution >= 4 is 5.91 Å². The van der Waals surface area contributed by atoms with Crippen molar-refractivity contribution in [3.63, 3.8) is 0 Å². The lowest BCUT2D eigenvalue weighted by molar-refractivity contribution is 0.0652. The van der Waals surface area contributed by atoms with Gasteiger partial charge in [0, 0.05) is 32.2 Å². The number of nitrogens with zero attached hydrogens (tertiary/aromatic N) is 3. The third-order valence-corrected chi connectivity index (χ3v) is 3.56. The summed E-state index contributed by atoms with van der Waals surface area (Å²) in [5, 5.41) is 0. The molecule has 0 radical (unpaired) electrons. The highest BCUT2D eigenvalue weighted by atomic mass is 16.3. The Morgan fingerprint density at radius 3 is 2.81 bits per heavy atom. The van der Waals surface area contributed by atoms with Crippen LogP contribution in [0.5, 0.6) is 0 Å². The van der Waals surface area contributed by atoms with Gasteiger partial charge in [-0.15, -0.1) is 0 Å². The maximum absolute atomic E-state index is 12.2. The van der Waals surface area contributed by atoms with E-state index in [9.17, 15) is 4.79 Å². The molecule has 5 nitrogen and oxygen atoms in total. The third-order valence-electron chi connectivity index (χ3n) is 3.56. The molecular formula is C11H15N3O2. The average Bonchev–Trinajstić information content (AvgIpc) is 2.70. The fraction of sp³-hybridized carbons (Fsp3) is 0.636. The number of oxazole rings is 1. The topological polar surface area (TPSA) is 49.6 Å². The molecule has 0 aromatic carbocycles. The van der Waals surface area contributed by atoms with Gasteiger partial charge in [0.05, 0.1) is 6.20 Å². The minimum absolute atomic E-state index is 0.00810. The molecule has 5 heteroatoms. The summed E-state index contributed by atoms with van der Waals surface area (Å²) in [5.74, 6) is 0.353. The van der Waals surface area contributed by atoms with Crippen molar-refractivity contribution in [1.82, 2.24) is 14.8 Å². The molecule has 1 aromatic heterocycles. The van der Waals surface area contributed by atoms with Crippen LogP contribution in [0.2, 0.25) is 0 Å². The lowest BCUT2D eigenvalue weighted by Crippen LogP contribution is -2.41. The van der Waals surface area contributed by atoms with Crippen LogP contribution in [0, 0.1) is 0 Å². The highest BCUT2D eigenvalue weighted by molar-refractivity contribution is 5.91. The Balaban J connectivity index is 1.81. The summed E-state index contributed by atoms with van der Waals surface area (Å²) in [5.41, 5.74) is 0. The second-order valence-electron chi connectivity index (χ2n) is 4.44. The first-order valence-corrected chi connectivity index (χ1v) is 5.76. The molecule has 1 aromatic rings. The predicted octanol–water partition coefficient (Wildman–Crippen LogP) is 0.595. The monoisotopic (exact) mass is 221 g/mol. The first-order chi connectivity index (χ1) is 7.84. The van der Waals surface area contributed by atoms with Gasteiger partial charge in [0.25, 0.3) is 5.91 Å². The van der Waals surface area contributed by atoms with Gasteiger partial charge < -0.3 is 14.2 Å². The quantitative estimate of drug-likeness (QED) is 0.696. The van der Waals surface area contributed by atoms with Gasteiger partial charge in [-0.2, -0.15) is 0 Å². The van der Waals surface area contributed by atoms with E-state index in [1.807, 2.05) is 4.90 Å². The lowest BCUT2D eigenvalue weighted by atomic mass is 10.1. The molecule has 3 aliphatic rings. The number of hydrogen-bond donors (Lipinski definition) is 0. The van der Waals surface area contributed by atoms with Gasteiger partial charge in [-0.1, -0.05) is 0 Å². The maximum Gasteiger partial charge on any atom is 0.291 e. The number of amides is 1. The van der Waals surface area contributed by atoms with Crippen molar-refractivity contribution in [2.24, 2.45) is 0 Å². The standard InChI is InChI=1S/C11H15N3O2/c15-11(10-7-12-8-16-10)14-6-5-13-3-1-9(14)2-4-13/h7-9H,1-6H2. The Bertz CT molecular complexity index is 369. The zero-order chi connectivity index (χ0) is 11.0. The van der Waals surface area contributed by atoms with E-state index in [1.54, 1.807) is 0 Å². The minimum Gasteiger partial charge on any atom is -0.438 e. The number of hydrogen-bond acceptors (Lipinski definition) is 4. The molecule has 0 saturated carbocycles. The summed E-state index contributed by atoms with van der Waals surface area (Å²) in [4.78, 5) is 20.3. The summed E-state index contributed by atoms with van der Waals surface area (Å²) < 4.78 is 5.08. The Kier molecular flexibility index (Phi) is 2.40. The van der Waals surface area contributed by atoms with E-state index < -0.39 is 0 Å². The molecule has 0 aliphatic carbocycles. The van der Waals surface area contributed by atoms with Crippen LogP contribution >= 0.6 is 0 Å². The van der Waals surface area contributed by atoms with Gasteiger partial charge in [0.1, 0.15) is 0 Å². The van der Waals surface area contributed by atoms with Gasteiger partial charge in [-0.05, 0) is 12.8 Å². The third kappa shape index (κ3) is 1.61. The largest absolute Gasteiger partial charge is 0.438 e. The molecular weight excluding hydrogens is 206 g/mol. The van der Waals surface area contributed by atoms with E-state index in [2.05, 4.69) is 9.88 Å². The van der Waals surface area contributed by atoms with Gasteiger partial charge in [-0.3, -0.25) is 4.79 Å². The van der Waals surface area contributed by atoms with Crippen molar-refractivity contribution in [3.05, 3.63) is 18.4 Å². The van der Waals surface area contributed by atoms with E-state index in [-0.39, 0.29) is 5.91 Å². The SMILES string of the molecule is O=C(c1cnco1)N1CCN2CCC1CC2. The van der Waals surface area contributed by atoms with Crippen molar-refractivity contribution in [3.8, 4) is 0 Å². The first kappa shape index (κ1) is 9.84. The normalized spacial score (nSPS) is 29.1. The van der Waals surface area contributed by atoms with Crippen LogP contribution in [0.25, 0.3) is 0 Å². The van der Waals surface area contributed by atoms with Gasteiger partial charge in [0.15, 0.2) is 6.39 Å². The summed E-state index contributed by atoms with van der Waals surface area (Å²) in [6, 6.07) is 0.386. The first-order valence-electron chi connectivity index (χ1n) is 5.76. The van der Waals surface area contributed by atoms with Crippen molar-refractivity contribution < 1.29 is 9.21 Å². The predicted molar refractivity (Wildman–Crippen MR) is 57.0 cm³/mol. The van der Waals surface area contributed by atoms with Crippen LogP contribution < -0.4 is 0 Å². The molecule has 2 bridgehead atoms. The van der Waals surface area contributed by atoms with E-state index in [1.165, 1.54) is 12.6 Å². The molecule has 3 fully saturated rings. The van der Waals surface area contributed by atoms with Crippen LogP contribution in [0.4, 0.5) is 0 Å². The lowest BCUT2D eigenvalue weighted by Gasteiger charge is -2.30. The highest BCUT2D eigenvalue weighted by Gasteiger charge is 2.33. The number of carbonyl (C=O) groups excluding carboxylic acids is 1. The van der Waals surface area contributed by atoms with Crippen LogP contribution in [-0.2, 0) is 0 Å². The molecule has 16 heavy (non-hydrogen) atoms. The Hall–Kier alpha value is -1.36. The van der Waals surface area contributed by atoms with Crippen molar-refractivity contribution in [1.29, 1.82) is 0 Å². The number of piperidine rings is 1. The van der Waals surface area contributed by atoms with Crippen LogP contribution in [0.3, 0.4) is 0 Å². The van der Waals surface area contributed by atoms with Crippen LogP contribution in [0.15, 0.2) is 17.0 Å². The van der Waals surface area contributed by atoms with Crippen molar-refractivity contribution in [2.45, 2.75) is 18.9 Å². The fourth-order valence-corrected chi connectivity index (χ4v) is 2.62. The summed E-state index contributed by atoms with van der Waals surface area (Å²) in [6.45, 7) is 4.02. The summed E-state index contributed by atoms with van der Waals surface area (Å²) in [6.07, 6.45) is 4.98. The molecule has 3 aliphatic heterocycles. The molecule has 4 rings (SSSR count). The molecule has 86 valence electrons. The Morgan fingerprint density at radius 2 is 2.12 bits per heavy atom. The summed E-state index contributed by atoms with van der Waals surface area (Å²) >= 11 is 0. The van der Waals surface area contributed by atoms with E-state index >= 15 is 0 Å². The van der Waals surface area contributed by atoms with Gasteiger partial charge in [0.2, 0.25) is 5.76 Å². The zero-order valence-corrected chi connectivity index (χ0v) is 9.13. The molecule has 3 saturated heterocycles. The fourth-order valence-electron chi connectivity index (χ4n) is 2.62. The van der Waals surface area contributed by atoms with Crippen LogP contribution in [0.1, 0.15) is 23.4 Å². The number of carbonyl (C=O) groups is 1. The zero-order valence-electron chi connectivity index (χ0n) is 9.13. The molecule has 0 unspecified atom stereocenters. The van der Waals surface area contributed by atoms with Gasteiger partial charge >= 0.3 is 0 Å². The van der Waals surface area contributed by atoms with Crippen LogP contribution in [-0.4, -0.2) is 52.9 Å². The smallest absolute Gasteiger partial charge is 0.291 e. The average molecular weight is 221 g/mol. The van der Waals surface area contributed by atoms with Gasteiger partial charge in [-0.25, -0.2) is 4.98 Å². The second kappa shape index (κ2) is 3.90. The number of fused-ring (bicyclic) bond motifs is 4. The maximum atomic E-state index is 12.2. The highest BCUT2D eigenvalue weighted by Crippen LogP contribution is 2.22. The summed E-state index contributed by atoms with van der Waals surface area (Å²) in [7, 11) is 0. The molecule has 4 heterocycles. The number of rotatable bonds is 1. The number of aromatic nitrogens is 1. The molecule has 0 N–H and O–H groups in total. The van der Waals surface area contributed by atoms with Crippen molar-refractivity contribution in [2.75, 3.05) is 26.2 Å². The molecule has 0 spiro atoms. The van der Waals surface area contributed by atoms with E-state index in [0.29, 0.717) is 11.8 Å². The second-order valence-corrected chi connectivity index (χ2v) is 4.44. The Labute approximate surface area is 94.0 Å². The van der Waals surface area contributed by atoms with E-state index in [4.69, 9.17) is 4.42 Å². The molecule has 1 amide bonds. The van der Waals surface area contributed by atoms with E-state index in [0.717, 1.165) is 39.0 Å². The molecule has 0 atom stereocenters. The Morgan fingerprint density at radius 1 is 1.31 bits per heavy atom.